The molecule has 1 aliphatic heterocycles. The maximum Gasteiger partial charge on any atom is 0.337 e. The van der Waals surface area contributed by atoms with E-state index in [4.69, 9.17) is 9.88 Å². The van der Waals surface area contributed by atoms with Crippen LogP contribution in [0.3, 0.4) is 0 Å². The molecule has 0 bridgehead atoms. The number of hydrogen-bond donors (Lipinski definition) is 3. The Balaban J connectivity index is 2.09. The molecular weight excluding hydrogens is 296 g/mol. The van der Waals surface area contributed by atoms with E-state index in [-0.39, 0.29) is 10.5 Å². The van der Waals surface area contributed by atoms with E-state index in [0.717, 1.165) is 32.1 Å². The van der Waals surface area contributed by atoms with Crippen molar-refractivity contribution in [2.45, 2.75) is 17.7 Å². The number of carboxylic acids is 1. The van der Waals surface area contributed by atoms with Crippen LogP contribution in [0.4, 0.5) is 5.69 Å². The minimum absolute atomic E-state index is 0.107. The van der Waals surface area contributed by atoms with Gasteiger partial charge in [0.05, 0.1) is 10.5 Å². The summed E-state index contributed by atoms with van der Waals surface area (Å²) in [7, 11) is -3.92. The number of aromatic carboxylic acids is 1. The molecule has 0 radical (unpaired) electrons. The zero-order valence-corrected chi connectivity index (χ0v) is 12.2. The number of ether oxygens (including phenoxy) is 1. The second-order valence-electron chi connectivity index (χ2n) is 5.00. The van der Waals surface area contributed by atoms with Gasteiger partial charge >= 0.3 is 5.97 Å². The molecule has 7 nitrogen and oxygen atoms in total. The van der Waals surface area contributed by atoms with Gasteiger partial charge in [-0.15, -0.1) is 0 Å². The summed E-state index contributed by atoms with van der Waals surface area (Å²) in [5.74, 6) is -0.721. The van der Waals surface area contributed by atoms with Crippen LogP contribution in [-0.4, -0.2) is 39.3 Å². The first kappa shape index (κ1) is 15.7. The molecule has 0 aliphatic carbocycles. The first-order chi connectivity index (χ1) is 9.88. The van der Waals surface area contributed by atoms with Gasteiger partial charge < -0.3 is 15.2 Å². The Morgan fingerprint density at radius 2 is 2.24 bits per heavy atom. The summed E-state index contributed by atoms with van der Waals surface area (Å²) in [6, 6.07) is 3.79. The highest BCUT2D eigenvalue weighted by Crippen LogP contribution is 2.21. The number of benzene rings is 1. The van der Waals surface area contributed by atoms with Crippen LogP contribution in [0.2, 0.25) is 0 Å². The third-order valence-corrected chi connectivity index (χ3v) is 4.35. The Kier molecular flexibility index (Phi) is 4.81. The fourth-order valence-electron chi connectivity index (χ4n) is 2.25. The fourth-order valence-corrected chi connectivity index (χ4v) is 2.79. The van der Waals surface area contributed by atoms with Crippen molar-refractivity contribution in [2.24, 2.45) is 11.1 Å². The number of carbonyl (C=O) groups is 1. The van der Waals surface area contributed by atoms with Gasteiger partial charge in [0.15, 0.2) is 0 Å². The van der Waals surface area contributed by atoms with Crippen molar-refractivity contribution in [3.63, 3.8) is 0 Å². The van der Waals surface area contributed by atoms with E-state index in [9.17, 15) is 18.3 Å². The lowest BCUT2D eigenvalue weighted by molar-refractivity contribution is 0.0697. The molecule has 4 N–H and O–H groups in total. The molecule has 1 aliphatic rings. The lowest BCUT2D eigenvalue weighted by Gasteiger charge is -2.12. The SMILES string of the molecule is NS(=O)(=O)c1ccc(NCCC2CCOC2)c(C(=O)O)c1. The number of primary sulfonamides is 1. The summed E-state index contributed by atoms with van der Waals surface area (Å²) in [4.78, 5) is 11.0. The van der Waals surface area contributed by atoms with Gasteiger partial charge in [-0.2, -0.15) is 0 Å². The van der Waals surface area contributed by atoms with Crippen LogP contribution in [0, 0.1) is 5.92 Å². The second kappa shape index (κ2) is 6.42. The normalized spacial score (nSPS) is 18.6. The van der Waals surface area contributed by atoms with Crippen molar-refractivity contribution in [1.29, 1.82) is 0 Å². The van der Waals surface area contributed by atoms with Gasteiger partial charge in [0.2, 0.25) is 10.0 Å². The Labute approximate surface area is 123 Å². The van der Waals surface area contributed by atoms with Crippen LogP contribution in [0.1, 0.15) is 23.2 Å². The number of hydrogen-bond acceptors (Lipinski definition) is 5. The molecule has 1 fully saturated rings. The topological polar surface area (TPSA) is 119 Å². The highest BCUT2D eigenvalue weighted by molar-refractivity contribution is 7.89. The lowest BCUT2D eigenvalue weighted by atomic mass is 10.1. The highest BCUT2D eigenvalue weighted by Gasteiger charge is 2.17. The Morgan fingerprint density at radius 1 is 1.48 bits per heavy atom. The number of nitrogens with two attached hydrogens (primary N) is 1. The van der Waals surface area contributed by atoms with E-state index in [2.05, 4.69) is 5.32 Å². The summed E-state index contributed by atoms with van der Waals surface area (Å²) < 4.78 is 27.8. The first-order valence-corrected chi connectivity index (χ1v) is 8.14. The molecule has 0 amide bonds. The van der Waals surface area contributed by atoms with E-state index in [1.165, 1.54) is 12.1 Å². The largest absolute Gasteiger partial charge is 0.478 e. The number of sulfonamides is 1. The van der Waals surface area contributed by atoms with Gasteiger partial charge in [-0.1, -0.05) is 0 Å². The average molecular weight is 314 g/mol. The molecule has 116 valence electrons. The fraction of sp³-hybridized carbons (Fsp3) is 0.462. The van der Waals surface area contributed by atoms with Crippen molar-refractivity contribution >= 4 is 21.7 Å². The van der Waals surface area contributed by atoms with E-state index in [1.54, 1.807) is 0 Å². The van der Waals surface area contributed by atoms with E-state index in [1.807, 2.05) is 0 Å². The molecule has 0 spiro atoms. The molecule has 1 atom stereocenters. The van der Waals surface area contributed by atoms with Crippen LogP contribution in [0.15, 0.2) is 23.1 Å². The van der Waals surface area contributed by atoms with Gasteiger partial charge in [-0.25, -0.2) is 18.4 Å². The first-order valence-electron chi connectivity index (χ1n) is 6.59. The van der Waals surface area contributed by atoms with E-state index < -0.39 is 16.0 Å². The third-order valence-electron chi connectivity index (χ3n) is 3.44. The molecule has 0 saturated carbocycles. The van der Waals surface area contributed by atoms with Crippen molar-refractivity contribution in [3.05, 3.63) is 23.8 Å². The Morgan fingerprint density at radius 3 is 2.81 bits per heavy atom. The summed E-state index contributed by atoms with van der Waals surface area (Å²) >= 11 is 0. The van der Waals surface area contributed by atoms with Crippen LogP contribution in [0.25, 0.3) is 0 Å². The smallest absolute Gasteiger partial charge is 0.337 e. The molecule has 1 saturated heterocycles. The molecule has 0 aromatic heterocycles. The van der Waals surface area contributed by atoms with Crippen LogP contribution < -0.4 is 10.5 Å². The van der Waals surface area contributed by atoms with Crippen molar-refractivity contribution < 1.29 is 23.1 Å². The molecule has 1 aromatic carbocycles. The van der Waals surface area contributed by atoms with E-state index in [0.29, 0.717) is 18.2 Å². The van der Waals surface area contributed by atoms with Gasteiger partial charge in [0.1, 0.15) is 0 Å². The Bertz CT molecular complexity index is 623. The zero-order chi connectivity index (χ0) is 15.5. The van der Waals surface area contributed by atoms with Crippen LogP contribution in [0.5, 0.6) is 0 Å². The van der Waals surface area contributed by atoms with Crippen molar-refractivity contribution in [3.8, 4) is 0 Å². The monoisotopic (exact) mass is 314 g/mol. The predicted molar refractivity (Wildman–Crippen MR) is 76.8 cm³/mol. The third kappa shape index (κ3) is 4.16. The number of nitrogens with one attached hydrogen (secondary N) is 1. The van der Waals surface area contributed by atoms with Crippen LogP contribution in [-0.2, 0) is 14.8 Å². The minimum Gasteiger partial charge on any atom is -0.478 e. The van der Waals surface area contributed by atoms with Crippen molar-refractivity contribution in [2.75, 3.05) is 25.1 Å². The predicted octanol–water partition coefficient (Wildman–Crippen LogP) is 0.871. The van der Waals surface area contributed by atoms with Gasteiger partial charge in [-0.05, 0) is 37.0 Å². The minimum atomic E-state index is -3.92. The molecule has 1 aromatic rings. The molecular formula is C13H18N2O5S. The quantitative estimate of drug-likeness (QED) is 0.717. The maximum absolute atomic E-state index is 11.3. The highest BCUT2D eigenvalue weighted by atomic mass is 32.2. The number of rotatable bonds is 6. The second-order valence-corrected chi connectivity index (χ2v) is 6.56. The summed E-state index contributed by atoms with van der Waals surface area (Å²) in [6.07, 6.45) is 1.88. The molecule has 21 heavy (non-hydrogen) atoms. The van der Waals surface area contributed by atoms with Gasteiger partial charge in [0, 0.05) is 25.4 Å². The summed E-state index contributed by atoms with van der Waals surface area (Å²) in [5, 5.41) is 17.2. The molecule has 8 heteroatoms. The number of carboxylic acid groups (broad SMARTS) is 1. The average Bonchev–Trinajstić information content (AvgIpc) is 2.90. The summed E-state index contributed by atoms with van der Waals surface area (Å²) in [5.41, 5.74) is 0.276. The van der Waals surface area contributed by atoms with Gasteiger partial charge in [0.25, 0.3) is 0 Å². The standard InChI is InChI=1S/C13H18N2O5S/c14-21(18,19)10-1-2-12(11(7-10)13(16)17)15-5-3-9-4-6-20-8-9/h1-2,7,9,15H,3-6,8H2,(H,16,17)(H2,14,18,19). The lowest BCUT2D eigenvalue weighted by Crippen LogP contribution is -2.15. The van der Waals surface area contributed by atoms with Gasteiger partial charge in [-0.3, -0.25) is 0 Å². The van der Waals surface area contributed by atoms with E-state index >= 15 is 0 Å². The molecule has 1 heterocycles. The van der Waals surface area contributed by atoms with Crippen LogP contribution >= 0.6 is 0 Å². The summed E-state index contributed by atoms with van der Waals surface area (Å²) in [6.45, 7) is 2.11. The zero-order valence-electron chi connectivity index (χ0n) is 11.4. The number of anilines is 1. The maximum atomic E-state index is 11.3. The Hall–Kier alpha value is -1.64. The van der Waals surface area contributed by atoms with Crippen molar-refractivity contribution in [1.82, 2.24) is 0 Å². The molecule has 2 rings (SSSR count). The molecule has 1 unspecified atom stereocenters.